The largest absolute Gasteiger partial charge is 0.490 e. The molecule has 1 aromatic carbocycles. The third-order valence-corrected chi connectivity index (χ3v) is 2.98. The summed E-state index contributed by atoms with van der Waals surface area (Å²) in [6.07, 6.45) is 1.23. The number of esters is 1. The highest BCUT2D eigenvalue weighted by molar-refractivity contribution is 5.89. The second-order valence-corrected chi connectivity index (χ2v) is 4.31. The summed E-state index contributed by atoms with van der Waals surface area (Å²) in [5.41, 5.74) is 1.69. The first kappa shape index (κ1) is 11.0. The van der Waals surface area contributed by atoms with Gasteiger partial charge in [-0.25, -0.2) is 4.79 Å². The fourth-order valence-corrected chi connectivity index (χ4v) is 2.18. The summed E-state index contributed by atoms with van der Waals surface area (Å²) < 4.78 is 10.4. The molecule has 0 amide bonds. The van der Waals surface area contributed by atoms with Crippen molar-refractivity contribution in [1.29, 1.82) is 0 Å². The summed E-state index contributed by atoms with van der Waals surface area (Å²) in [6, 6.07) is 5.47. The summed E-state index contributed by atoms with van der Waals surface area (Å²) >= 11 is 0. The van der Waals surface area contributed by atoms with E-state index >= 15 is 0 Å². The summed E-state index contributed by atoms with van der Waals surface area (Å²) in [4.78, 5) is 11.4. The number of methoxy groups -OCH3 is 1. The predicted octanol–water partition coefficient (Wildman–Crippen LogP) is 2.75. The fourth-order valence-electron chi connectivity index (χ4n) is 2.18. The Labute approximate surface area is 95.4 Å². The highest BCUT2D eigenvalue weighted by atomic mass is 16.5. The van der Waals surface area contributed by atoms with Gasteiger partial charge in [-0.05, 0) is 43.0 Å². The molecule has 0 saturated carbocycles. The maximum absolute atomic E-state index is 11.4. The second-order valence-electron chi connectivity index (χ2n) is 4.31. The number of ether oxygens (including phenoxy) is 2. The molecular formula is C13H16O3. The van der Waals surface area contributed by atoms with Crippen LogP contribution >= 0.6 is 0 Å². The van der Waals surface area contributed by atoms with E-state index in [0.717, 1.165) is 17.7 Å². The molecule has 0 aliphatic carbocycles. The first-order valence-electron chi connectivity index (χ1n) is 5.50. The maximum Gasteiger partial charge on any atom is 0.337 e. The van der Waals surface area contributed by atoms with E-state index in [0.29, 0.717) is 11.5 Å². The molecule has 1 aliphatic heterocycles. The fraction of sp³-hybridized carbons (Fsp3) is 0.462. The van der Waals surface area contributed by atoms with Crippen LogP contribution in [0.15, 0.2) is 18.2 Å². The molecule has 2 unspecified atom stereocenters. The summed E-state index contributed by atoms with van der Waals surface area (Å²) in [6.45, 7) is 4.21. The van der Waals surface area contributed by atoms with Gasteiger partial charge in [0.25, 0.3) is 0 Å². The van der Waals surface area contributed by atoms with Crippen molar-refractivity contribution in [3.05, 3.63) is 29.3 Å². The van der Waals surface area contributed by atoms with E-state index in [1.54, 1.807) is 6.07 Å². The van der Waals surface area contributed by atoms with Crippen molar-refractivity contribution < 1.29 is 14.3 Å². The van der Waals surface area contributed by atoms with Gasteiger partial charge in [0.2, 0.25) is 0 Å². The minimum atomic E-state index is -0.298. The molecule has 0 fully saturated rings. The van der Waals surface area contributed by atoms with Crippen LogP contribution in [-0.2, 0) is 4.74 Å². The standard InChI is InChI=1S/C13H16O3/c1-8-6-9(2)16-12-5-4-10(7-11(8)12)13(14)15-3/h4-5,7-9H,6H2,1-3H3. The van der Waals surface area contributed by atoms with E-state index in [-0.39, 0.29) is 12.1 Å². The average molecular weight is 220 g/mol. The number of rotatable bonds is 1. The minimum Gasteiger partial charge on any atom is -0.490 e. The smallest absolute Gasteiger partial charge is 0.337 e. The summed E-state index contributed by atoms with van der Waals surface area (Å²) in [5.74, 6) is 1.01. The van der Waals surface area contributed by atoms with Crippen LogP contribution in [0.5, 0.6) is 5.75 Å². The Balaban J connectivity index is 2.38. The van der Waals surface area contributed by atoms with Gasteiger partial charge in [-0.3, -0.25) is 0 Å². The third-order valence-electron chi connectivity index (χ3n) is 2.98. The van der Waals surface area contributed by atoms with Crippen molar-refractivity contribution in [2.24, 2.45) is 0 Å². The minimum absolute atomic E-state index is 0.242. The monoisotopic (exact) mass is 220 g/mol. The molecule has 2 rings (SSSR count). The quantitative estimate of drug-likeness (QED) is 0.683. The third kappa shape index (κ3) is 1.90. The molecule has 0 bridgehead atoms. The van der Waals surface area contributed by atoms with Gasteiger partial charge in [-0.2, -0.15) is 0 Å². The molecule has 0 saturated heterocycles. The number of carbonyl (C=O) groups is 1. The van der Waals surface area contributed by atoms with Crippen LogP contribution in [-0.4, -0.2) is 19.2 Å². The lowest BCUT2D eigenvalue weighted by molar-refractivity contribution is 0.0600. The SMILES string of the molecule is COC(=O)c1ccc2c(c1)C(C)CC(C)O2. The van der Waals surface area contributed by atoms with Gasteiger partial charge in [-0.15, -0.1) is 0 Å². The van der Waals surface area contributed by atoms with E-state index in [1.165, 1.54) is 7.11 Å². The number of benzene rings is 1. The average Bonchev–Trinajstić information content (AvgIpc) is 2.27. The van der Waals surface area contributed by atoms with E-state index in [2.05, 4.69) is 13.8 Å². The predicted molar refractivity (Wildman–Crippen MR) is 60.9 cm³/mol. The van der Waals surface area contributed by atoms with Crippen molar-refractivity contribution in [3.63, 3.8) is 0 Å². The molecular weight excluding hydrogens is 204 g/mol. The van der Waals surface area contributed by atoms with Crippen molar-refractivity contribution >= 4 is 5.97 Å². The zero-order chi connectivity index (χ0) is 11.7. The van der Waals surface area contributed by atoms with Crippen LogP contribution < -0.4 is 4.74 Å². The van der Waals surface area contributed by atoms with E-state index in [1.807, 2.05) is 12.1 Å². The Morgan fingerprint density at radius 3 is 2.88 bits per heavy atom. The highest BCUT2D eigenvalue weighted by Gasteiger charge is 2.23. The molecule has 0 aromatic heterocycles. The molecule has 1 aliphatic rings. The van der Waals surface area contributed by atoms with E-state index < -0.39 is 0 Å². The van der Waals surface area contributed by atoms with Gasteiger partial charge in [0, 0.05) is 0 Å². The van der Waals surface area contributed by atoms with E-state index in [4.69, 9.17) is 9.47 Å². The second kappa shape index (κ2) is 4.16. The number of carbonyl (C=O) groups excluding carboxylic acids is 1. The van der Waals surface area contributed by atoms with Gasteiger partial charge >= 0.3 is 5.97 Å². The molecule has 86 valence electrons. The number of fused-ring (bicyclic) bond motifs is 1. The Morgan fingerprint density at radius 2 is 2.19 bits per heavy atom. The van der Waals surface area contributed by atoms with Crippen LogP contribution in [0.25, 0.3) is 0 Å². The Kier molecular flexibility index (Phi) is 2.86. The van der Waals surface area contributed by atoms with Gasteiger partial charge in [0.1, 0.15) is 5.75 Å². The first-order valence-corrected chi connectivity index (χ1v) is 5.50. The molecule has 1 heterocycles. The van der Waals surface area contributed by atoms with Gasteiger partial charge in [-0.1, -0.05) is 6.92 Å². The Morgan fingerprint density at radius 1 is 1.44 bits per heavy atom. The van der Waals surface area contributed by atoms with Crippen molar-refractivity contribution in [3.8, 4) is 5.75 Å². The van der Waals surface area contributed by atoms with Crippen LogP contribution in [0.4, 0.5) is 0 Å². The van der Waals surface area contributed by atoms with Gasteiger partial charge < -0.3 is 9.47 Å². The summed E-state index contributed by atoms with van der Waals surface area (Å²) in [5, 5.41) is 0. The molecule has 0 N–H and O–H groups in total. The first-order chi connectivity index (χ1) is 7.61. The van der Waals surface area contributed by atoms with Crippen LogP contribution in [0, 0.1) is 0 Å². The van der Waals surface area contributed by atoms with Gasteiger partial charge in [0.15, 0.2) is 0 Å². The number of hydrogen-bond acceptors (Lipinski definition) is 3. The van der Waals surface area contributed by atoms with Crippen LogP contribution in [0.3, 0.4) is 0 Å². The normalized spacial score (nSPS) is 23.2. The topological polar surface area (TPSA) is 35.5 Å². The maximum atomic E-state index is 11.4. The van der Waals surface area contributed by atoms with Crippen LogP contribution in [0.1, 0.15) is 42.1 Å². The zero-order valence-electron chi connectivity index (χ0n) is 9.82. The highest BCUT2D eigenvalue weighted by Crippen LogP contribution is 2.36. The lowest BCUT2D eigenvalue weighted by Crippen LogP contribution is -2.21. The van der Waals surface area contributed by atoms with Crippen LogP contribution in [0.2, 0.25) is 0 Å². The molecule has 1 aromatic rings. The molecule has 16 heavy (non-hydrogen) atoms. The lowest BCUT2D eigenvalue weighted by atomic mass is 9.91. The zero-order valence-corrected chi connectivity index (χ0v) is 9.82. The molecule has 3 nitrogen and oxygen atoms in total. The lowest BCUT2D eigenvalue weighted by Gasteiger charge is -2.28. The molecule has 0 spiro atoms. The van der Waals surface area contributed by atoms with Crippen molar-refractivity contribution in [1.82, 2.24) is 0 Å². The summed E-state index contributed by atoms with van der Waals surface area (Å²) in [7, 11) is 1.39. The molecule has 2 atom stereocenters. The number of hydrogen-bond donors (Lipinski definition) is 0. The van der Waals surface area contributed by atoms with Crippen molar-refractivity contribution in [2.75, 3.05) is 7.11 Å². The van der Waals surface area contributed by atoms with Crippen molar-refractivity contribution in [2.45, 2.75) is 32.3 Å². The Bertz CT molecular complexity index is 412. The molecule has 3 heteroatoms. The molecule has 0 radical (unpaired) electrons. The Hall–Kier alpha value is -1.51. The van der Waals surface area contributed by atoms with E-state index in [9.17, 15) is 4.79 Å². The van der Waals surface area contributed by atoms with Gasteiger partial charge in [0.05, 0.1) is 18.8 Å².